The van der Waals surface area contributed by atoms with Gasteiger partial charge in [-0.15, -0.1) is 0 Å². The van der Waals surface area contributed by atoms with Crippen LogP contribution < -0.4 is 5.32 Å². The first-order valence-electron chi connectivity index (χ1n) is 8.65. The quantitative estimate of drug-likeness (QED) is 0.489. The number of aliphatic carboxylic acids is 2. The molecule has 0 aromatic heterocycles. The summed E-state index contributed by atoms with van der Waals surface area (Å²) in [6.07, 6.45) is -3.32. The van der Waals surface area contributed by atoms with Crippen LogP contribution in [0.4, 0.5) is 9.59 Å². The summed E-state index contributed by atoms with van der Waals surface area (Å²) in [5.41, 5.74) is -1.96. The number of carboxylic acid groups (broad SMARTS) is 2. The third-order valence-electron chi connectivity index (χ3n) is 2.72. The Hall–Kier alpha value is -2.89. The van der Waals surface area contributed by atoms with E-state index in [4.69, 9.17) is 24.5 Å². The Bertz CT molecular complexity index is 605. The van der Waals surface area contributed by atoms with Gasteiger partial charge in [0.05, 0.1) is 0 Å². The molecule has 12 heteroatoms. The number of carbonyl (C=O) groups excluding carboxylic acids is 3. The summed E-state index contributed by atoms with van der Waals surface area (Å²) in [5.74, 6) is -3.68. The average molecular weight is 420 g/mol. The molecule has 166 valence electrons. The maximum atomic E-state index is 12.2. The molecule has 0 radical (unpaired) electrons. The Labute approximate surface area is 168 Å². The van der Waals surface area contributed by atoms with Gasteiger partial charge < -0.3 is 25.0 Å². The highest BCUT2D eigenvalue weighted by atomic mass is 16.8. The van der Waals surface area contributed by atoms with Gasteiger partial charge in [-0.05, 0) is 48.0 Å². The first-order chi connectivity index (χ1) is 13.0. The zero-order valence-corrected chi connectivity index (χ0v) is 17.3. The Morgan fingerprint density at radius 3 is 1.69 bits per heavy atom. The topological polar surface area (TPSA) is 169 Å². The monoisotopic (exact) mass is 420 g/mol. The zero-order valence-electron chi connectivity index (χ0n) is 17.3. The van der Waals surface area contributed by atoms with Crippen LogP contribution in [0.15, 0.2) is 0 Å². The normalized spacial score (nSPS) is 12.5. The van der Waals surface area contributed by atoms with Gasteiger partial charge in [0.15, 0.2) is 6.61 Å². The zero-order chi connectivity index (χ0) is 23.0. The van der Waals surface area contributed by atoms with E-state index < -0.39 is 60.3 Å². The molecule has 0 aromatic rings. The molecule has 0 aliphatic rings. The molecule has 0 aliphatic carbocycles. The van der Waals surface area contributed by atoms with Gasteiger partial charge in [0.1, 0.15) is 17.2 Å². The molecule has 0 fully saturated rings. The summed E-state index contributed by atoms with van der Waals surface area (Å²) in [7, 11) is 0. The molecule has 3 amide bonds. The lowest BCUT2D eigenvalue weighted by molar-refractivity contribution is -0.157. The number of imide groups is 1. The summed E-state index contributed by atoms with van der Waals surface area (Å²) in [6.45, 7) is 8.36. The molecule has 3 N–H and O–H groups in total. The number of hydrogen-bond acceptors (Lipinski definition) is 8. The maximum Gasteiger partial charge on any atom is 0.444 e. The molecular formula is C17H28N2O10. The predicted molar refractivity (Wildman–Crippen MR) is 96.7 cm³/mol. The second-order valence-corrected chi connectivity index (χ2v) is 7.92. The van der Waals surface area contributed by atoms with Crippen LogP contribution in [0.25, 0.3) is 0 Å². The number of nitrogens with zero attached hydrogens (tertiary/aromatic N) is 1. The molecule has 0 rings (SSSR count). The summed E-state index contributed by atoms with van der Waals surface area (Å²) >= 11 is 0. The first kappa shape index (κ1) is 26.1. The van der Waals surface area contributed by atoms with E-state index in [1.54, 1.807) is 41.5 Å². The smallest absolute Gasteiger partial charge is 0.444 e. The van der Waals surface area contributed by atoms with Crippen LogP contribution in [0.5, 0.6) is 0 Å². The van der Waals surface area contributed by atoms with E-state index in [2.05, 4.69) is 0 Å². The van der Waals surface area contributed by atoms with E-state index in [1.807, 2.05) is 5.32 Å². The van der Waals surface area contributed by atoms with E-state index >= 15 is 0 Å². The molecule has 12 nitrogen and oxygen atoms in total. The third-order valence-corrected chi connectivity index (χ3v) is 2.72. The minimum absolute atomic E-state index is 0.114. The number of hydroxylamine groups is 2. The van der Waals surface area contributed by atoms with E-state index in [0.29, 0.717) is 0 Å². The van der Waals surface area contributed by atoms with Crippen molar-refractivity contribution in [1.29, 1.82) is 0 Å². The fraction of sp³-hybridized carbons (Fsp3) is 0.706. The minimum atomic E-state index is -1.49. The molecule has 1 atom stereocenters. The third kappa shape index (κ3) is 12.2. The number of carbonyl (C=O) groups is 5. The lowest BCUT2D eigenvalue weighted by atomic mass is 10.1. The van der Waals surface area contributed by atoms with Crippen LogP contribution >= 0.6 is 0 Å². The number of ether oxygens (including phenoxy) is 2. The molecular weight excluding hydrogens is 392 g/mol. The molecule has 0 bridgehead atoms. The van der Waals surface area contributed by atoms with Gasteiger partial charge in [0, 0.05) is 6.42 Å². The predicted octanol–water partition coefficient (Wildman–Crippen LogP) is 1.52. The largest absolute Gasteiger partial charge is 0.481 e. The molecule has 0 aliphatic heterocycles. The SMILES string of the molecule is CC(C)(C)OC(=O)N(OCC(=O)N[C@@H](CCC(=O)O)C(=O)O)C(=O)OC(C)(C)C. The van der Waals surface area contributed by atoms with Crippen molar-refractivity contribution in [3.8, 4) is 0 Å². The van der Waals surface area contributed by atoms with Crippen molar-refractivity contribution in [2.24, 2.45) is 0 Å². The van der Waals surface area contributed by atoms with Crippen molar-refractivity contribution in [2.45, 2.75) is 71.6 Å². The standard InChI is InChI=1S/C17H28N2O10/c1-16(2,3)28-14(25)19(15(26)29-17(4,5)6)27-9-11(20)18-10(13(23)24)7-8-12(21)22/h10H,7-9H2,1-6H3,(H,18,20)(H,21,22)(H,23,24)/t10-/m0/s1. The Balaban J connectivity index is 5.11. The van der Waals surface area contributed by atoms with E-state index in [0.717, 1.165) is 0 Å². The molecule has 0 aromatic carbocycles. The van der Waals surface area contributed by atoms with E-state index in [-0.39, 0.29) is 11.5 Å². The summed E-state index contributed by atoms with van der Waals surface area (Å²) in [6, 6.07) is -1.49. The van der Waals surface area contributed by atoms with Gasteiger partial charge >= 0.3 is 24.1 Å². The van der Waals surface area contributed by atoms with Crippen molar-refractivity contribution < 1.29 is 48.5 Å². The Morgan fingerprint density at radius 1 is 0.897 bits per heavy atom. The highest BCUT2D eigenvalue weighted by Gasteiger charge is 2.33. The highest BCUT2D eigenvalue weighted by Crippen LogP contribution is 2.15. The summed E-state index contributed by atoms with van der Waals surface area (Å²) in [4.78, 5) is 62.9. The van der Waals surface area contributed by atoms with Gasteiger partial charge in [-0.3, -0.25) is 9.59 Å². The molecule has 29 heavy (non-hydrogen) atoms. The molecule has 0 spiro atoms. The van der Waals surface area contributed by atoms with Crippen LogP contribution in [-0.2, 0) is 28.7 Å². The van der Waals surface area contributed by atoms with Crippen molar-refractivity contribution in [1.82, 2.24) is 10.4 Å². The van der Waals surface area contributed by atoms with Crippen molar-refractivity contribution in [3.63, 3.8) is 0 Å². The van der Waals surface area contributed by atoms with Crippen LogP contribution in [-0.4, -0.2) is 69.2 Å². The molecule has 0 saturated heterocycles. The highest BCUT2D eigenvalue weighted by molar-refractivity contribution is 5.88. The number of carboxylic acids is 2. The fourth-order valence-corrected chi connectivity index (χ4v) is 1.67. The second kappa shape index (κ2) is 10.6. The van der Waals surface area contributed by atoms with Crippen molar-refractivity contribution >= 4 is 30.0 Å². The lowest BCUT2D eigenvalue weighted by Crippen LogP contribution is -2.47. The Morgan fingerprint density at radius 2 is 1.34 bits per heavy atom. The average Bonchev–Trinajstić information content (AvgIpc) is 2.47. The van der Waals surface area contributed by atoms with E-state index in [1.165, 1.54) is 0 Å². The van der Waals surface area contributed by atoms with Crippen LogP contribution in [0, 0.1) is 0 Å². The van der Waals surface area contributed by atoms with Gasteiger partial charge in [0.25, 0.3) is 0 Å². The van der Waals surface area contributed by atoms with E-state index in [9.17, 15) is 24.0 Å². The lowest BCUT2D eigenvalue weighted by Gasteiger charge is -2.27. The summed E-state index contributed by atoms with van der Waals surface area (Å²) < 4.78 is 10.0. The molecule has 0 saturated carbocycles. The van der Waals surface area contributed by atoms with Crippen LogP contribution in [0.1, 0.15) is 54.4 Å². The van der Waals surface area contributed by atoms with Crippen LogP contribution in [0.3, 0.4) is 0 Å². The number of rotatable bonds is 8. The number of hydrogen-bond donors (Lipinski definition) is 3. The Kier molecular flexibility index (Phi) is 9.54. The molecule has 0 unspecified atom stereocenters. The molecule has 0 heterocycles. The van der Waals surface area contributed by atoms with Crippen molar-refractivity contribution in [2.75, 3.05) is 6.61 Å². The van der Waals surface area contributed by atoms with Crippen LogP contribution in [0.2, 0.25) is 0 Å². The number of amides is 3. The number of nitrogens with one attached hydrogen (secondary N) is 1. The first-order valence-corrected chi connectivity index (χ1v) is 8.65. The van der Waals surface area contributed by atoms with Crippen molar-refractivity contribution in [3.05, 3.63) is 0 Å². The van der Waals surface area contributed by atoms with Gasteiger partial charge in [0.2, 0.25) is 5.91 Å². The maximum absolute atomic E-state index is 12.2. The summed E-state index contributed by atoms with van der Waals surface area (Å²) in [5, 5.41) is 19.8. The second-order valence-electron chi connectivity index (χ2n) is 7.92. The minimum Gasteiger partial charge on any atom is -0.481 e. The van der Waals surface area contributed by atoms with Gasteiger partial charge in [-0.25, -0.2) is 19.2 Å². The van der Waals surface area contributed by atoms with Gasteiger partial charge in [-0.2, -0.15) is 0 Å². The fourth-order valence-electron chi connectivity index (χ4n) is 1.67. The van der Waals surface area contributed by atoms with Gasteiger partial charge in [-0.1, -0.05) is 5.06 Å².